The molecular weight excluding hydrogens is 282 g/mol. The molecule has 0 radical (unpaired) electrons. The SMILES string of the molecule is COc1cc(C(Cl)c2cc(F)c(C)cc2F)ccc1C. The third-order valence-electron chi connectivity index (χ3n) is 3.28. The molecule has 0 aromatic heterocycles. The summed E-state index contributed by atoms with van der Waals surface area (Å²) in [5.41, 5.74) is 2.00. The van der Waals surface area contributed by atoms with Gasteiger partial charge < -0.3 is 4.74 Å². The van der Waals surface area contributed by atoms with E-state index in [0.29, 0.717) is 11.3 Å². The summed E-state index contributed by atoms with van der Waals surface area (Å²) in [7, 11) is 1.56. The first kappa shape index (κ1) is 14.8. The molecule has 0 bridgehead atoms. The van der Waals surface area contributed by atoms with Crippen LogP contribution in [0, 0.1) is 25.5 Å². The highest BCUT2D eigenvalue weighted by molar-refractivity contribution is 6.22. The maximum atomic E-state index is 13.9. The van der Waals surface area contributed by atoms with Crippen molar-refractivity contribution in [3.05, 3.63) is 64.2 Å². The molecule has 0 N–H and O–H groups in total. The summed E-state index contributed by atoms with van der Waals surface area (Å²) in [6.07, 6.45) is 0. The number of halogens is 3. The maximum Gasteiger partial charge on any atom is 0.128 e. The number of benzene rings is 2. The van der Waals surface area contributed by atoms with Crippen LogP contribution >= 0.6 is 11.6 Å². The van der Waals surface area contributed by atoms with Gasteiger partial charge in [0, 0.05) is 5.56 Å². The van der Waals surface area contributed by atoms with Crippen molar-refractivity contribution in [2.24, 2.45) is 0 Å². The molecule has 2 rings (SSSR count). The molecule has 0 fully saturated rings. The second-order valence-corrected chi connectivity index (χ2v) is 5.15. The number of hydrogen-bond acceptors (Lipinski definition) is 1. The van der Waals surface area contributed by atoms with Gasteiger partial charge in [0.15, 0.2) is 0 Å². The van der Waals surface area contributed by atoms with E-state index in [9.17, 15) is 8.78 Å². The van der Waals surface area contributed by atoms with Crippen LogP contribution in [-0.4, -0.2) is 7.11 Å². The minimum atomic E-state index is -0.764. The fraction of sp³-hybridized carbons (Fsp3) is 0.250. The van der Waals surface area contributed by atoms with Crippen LogP contribution in [-0.2, 0) is 0 Å². The van der Waals surface area contributed by atoms with E-state index in [1.165, 1.54) is 6.92 Å². The van der Waals surface area contributed by atoms with Gasteiger partial charge in [-0.2, -0.15) is 0 Å². The molecule has 0 saturated heterocycles. The van der Waals surface area contributed by atoms with Gasteiger partial charge in [0.1, 0.15) is 17.4 Å². The summed E-state index contributed by atoms with van der Waals surface area (Å²) >= 11 is 6.28. The van der Waals surface area contributed by atoms with Gasteiger partial charge in [0.25, 0.3) is 0 Å². The van der Waals surface area contributed by atoms with Crippen LogP contribution in [0.1, 0.15) is 27.6 Å². The first-order valence-electron chi connectivity index (χ1n) is 6.18. The highest BCUT2D eigenvalue weighted by Crippen LogP contribution is 2.34. The average molecular weight is 297 g/mol. The summed E-state index contributed by atoms with van der Waals surface area (Å²) in [6.45, 7) is 3.41. The van der Waals surface area contributed by atoms with Crippen molar-refractivity contribution in [1.82, 2.24) is 0 Å². The monoisotopic (exact) mass is 296 g/mol. The number of ether oxygens (including phenoxy) is 1. The molecule has 106 valence electrons. The molecule has 1 atom stereocenters. The van der Waals surface area contributed by atoms with Crippen molar-refractivity contribution < 1.29 is 13.5 Å². The second kappa shape index (κ2) is 5.80. The number of methoxy groups -OCH3 is 1. The van der Waals surface area contributed by atoms with Crippen LogP contribution in [0.5, 0.6) is 5.75 Å². The minimum absolute atomic E-state index is 0.126. The highest BCUT2D eigenvalue weighted by Gasteiger charge is 2.18. The Bertz CT molecular complexity index is 641. The second-order valence-electron chi connectivity index (χ2n) is 4.71. The minimum Gasteiger partial charge on any atom is -0.496 e. The Morgan fingerprint density at radius 2 is 1.70 bits per heavy atom. The van der Waals surface area contributed by atoms with Gasteiger partial charge in [-0.05, 0) is 48.7 Å². The first-order chi connectivity index (χ1) is 9.43. The zero-order valence-corrected chi connectivity index (χ0v) is 12.3. The topological polar surface area (TPSA) is 9.23 Å². The molecule has 1 nitrogen and oxygen atoms in total. The van der Waals surface area contributed by atoms with E-state index in [4.69, 9.17) is 16.3 Å². The van der Waals surface area contributed by atoms with Crippen molar-refractivity contribution in [2.75, 3.05) is 7.11 Å². The van der Waals surface area contributed by atoms with E-state index in [0.717, 1.165) is 17.7 Å². The molecule has 0 heterocycles. The molecule has 0 saturated carbocycles. The predicted octanol–water partition coefficient (Wildman–Crippen LogP) is 4.92. The summed E-state index contributed by atoms with van der Waals surface area (Å²) < 4.78 is 32.8. The third-order valence-corrected chi connectivity index (χ3v) is 3.76. The Morgan fingerprint density at radius 3 is 2.35 bits per heavy atom. The smallest absolute Gasteiger partial charge is 0.128 e. The Balaban J connectivity index is 2.46. The van der Waals surface area contributed by atoms with Gasteiger partial charge in [-0.15, -0.1) is 11.6 Å². The van der Waals surface area contributed by atoms with E-state index in [1.54, 1.807) is 19.2 Å². The molecular formula is C16H15ClF2O. The van der Waals surface area contributed by atoms with Crippen LogP contribution in [0.15, 0.2) is 30.3 Å². The number of rotatable bonds is 3. The van der Waals surface area contributed by atoms with Crippen molar-refractivity contribution in [1.29, 1.82) is 0 Å². The van der Waals surface area contributed by atoms with Gasteiger partial charge in [0.05, 0.1) is 12.5 Å². The van der Waals surface area contributed by atoms with Gasteiger partial charge in [-0.3, -0.25) is 0 Å². The van der Waals surface area contributed by atoms with Gasteiger partial charge >= 0.3 is 0 Å². The Kier molecular flexibility index (Phi) is 4.29. The summed E-state index contributed by atoms with van der Waals surface area (Å²) in [4.78, 5) is 0. The van der Waals surface area contributed by atoms with Crippen LogP contribution in [0.3, 0.4) is 0 Å². The van der Waals surface area contributed by atoms with E-state index in [-0.39, 0.29) is 11.1 Å². The zero-order valence-electron chi connectivity index (χ0n) is 11.5. The van der Waals surface area contributed by atoms with Crippen LogP contribution in [0.2, 0.25) is 0 Å². The third kappa shape index (κ3) is 2.78. The Labute approximate surface area is 122 Å². The van der Waals surface area contributed by atoms with Crippen LogP contribution in [0.25, 0.3) is 0 Å². The predicted molar refractivity (Wildman–Crippen MR) is 76.5 cm³/mol. The lowest BCUT2D eigenvalue weighted by Gasteiger charge is -2.14. The van der Waals surface area contributed by atoms with Crippen molar-refractivity contribution in [2.45, 2.75) is 19.2 Å². The van der Waals surface area contributed by atoms with Crippen molar-refractivity contribution in [3.63, 3.8) is 0 Å². The first-order valence-corrected chi connectivity index (χ1v) is 6.62. The summed E-state index contributed by atoms with van der Waals surface area (Å²) in [5, 5.41) is -0.764. The molecule has 0 amide bonds. The average Bonchev–Trinajstić information content (AvgIpc) is 2.42. The summed E-state index contributed by atoms with van der Waals surface area (Å²) in [5.74, 6) is -0.310. The molecule has 0 aliphatic rings. The number of alkyl halides is 1. The van der Waals surface area contributed by atoms with E-state index < -0.39 is 17.0 Å². The van der Waals surface area contributed by atoms with Gasteiger partial charge in [0.2, 0.25) is 0 Å². The molecule has 0 aliphatic carbocycles. The van der Waals surface area contributed by atoms with Gasteiger partial charge in [-0.1, -0.05) is 12.1 Å². The van der Waals surface area contributed by atoms with Crippen molar-refractivity contribution >= 4 is 11.6 Å². The van der Waals surface area contributed by atoms with E-state index >= 15 is 0 Å². The standard InChI is InChI=1S/C16H15ClF2O/c1-9-4-5-11(7-15(9)20-3)16(17)12-8-13(18)10(2)6-14(12)19/h4-8,16H,1-3H3. The molecule has 2 aromatic carbocycles. The van der Waals surface area contributed by atoms with Crippen LogP contribution < -0.4 is 4.74 Å². The maximum absolute atomic E-state index is 13.9. The zero-order chi connectivity index (χ0) is 14.9. The normalized spacial score (nSPS) is 12.3. The highest BCUT2D eigenvalue weighted by atomic mass is 35.5. The lowest BCUT2D eigenvalue weighted by molar-refractivity contribution is 0.411. The van der Waals surface area contributed by atoms with Gasteiger partial charge in [-0.25, -0.2) is 8.78 Å². The largest absolute Gasteiger partial charge is 0.496 e. The fourth-order valence-electron chi connectivity index (χ4n) is 2.03. The lowest BCUT2D eigenvalue weighted by Crippen LogP contribution is -2.00. The van der Waals surface area contributed by atoms with Crippen LogP contribution in [0.4, 0.5) is 8.78 Å². The lowest BCUT2D eigenvalue weighted by atomic mass is 10.0. The molecule has 1 unspecified atom stereocenters. The van der Waals surface area contributed by atoms with E-state index in [1.807, 2.05) is 13.0 Å². The Morgan fingerprint density at radius 1 is 1.00 bits per heavy atom. The molecule has 2 aromatic rings. The molecule has 4 heteroatoms. The molecule has 0 spiro atoms. The number of aryl methyl sites for hydroxylation is 2. The van der Waals surface area contributed by atoms with Crippen molar-refractivity contribution in [3.8, 4) is 5.75 Å². The summed E-state index contributed by atoms with van der Waals surface area (Å²) in [6, 6.07) is 7.67. The quantitative estimate of drug-likeness (QED) is 0.731. The molecule has 20 heavy (non-hydrogen) atoms. The molecule has 0 aliphatic heterocycles. The van der Waals surface area contributed by atoms with E-state index in [2.05, 4.69) is 0 Å². The fourth-order valence-corrected chi connectivity index (χ4v) is 2.33. The number of hydrogen-bond donors (Lipinski definition) is 0. The Hall–Kier alpha value is -1.61.